The van der Waals surface area contributed by atoms with E-state index in [2.05, 4.69) is 0 Å². The average molecular weight is 133 g/mol. The van der Waals surface area contributed by atoms with Gasteiger partial charge in [-0.3, -0.25) is 4.79 Å². The van der Waals surface area contributed by atoms with Crippen LogP contribution >= 0.6 is 0 Å². The van der Waals surface area contributed by atoms with Crippen LogP contribution in [0.3, 0.4) is 0 Å². The first-order chi connectivity index (χ1) is 4.09. The third-order valence-corrected chi connectivity index (χ3v) is 1.05. The van der Waals surface area contributed by atoms with Crippen molar-refractivity contribution in [2.45, 2.75) is 19.1 Å². The van der Waals surface area contributed by atoms with Gasteiger partial charge in [0.2, 0.25) is 0 Å². The highest BCUT2D eigenvalue weighted by Gasteiger charge is 2.16. The zero-order chi connectivity index (χ0) is 7.44. The second-order valence-corrected chi connectivity index (χ2v) is 1.89. The van der Waals surface area contributed by atoms with Crippen molar-refractivity contribution >= 4 is 5.78 Å². The summed E-state index contributed by atoms with van der Waals surface area (Å²) in [5.74, 6) is -0.537. The maximum absolute atomic E-state index is 10.4. The second kappa shape index (κ2) is 3.55. The number of hydrogen-bond acceptors (Lipinski definition) is 4. The van der Waals surface area contributed by atoms with E-state index in [0.717, 1.165) is 0 Å². The molecule has 0 spiro atoms. The first kappa shape index (κ1) is 8.55. The molecule has 0 fully saturated rings. The van der Waals surface area contributed by atoms with Crippen molar-refractivity contribution < 1.29 is 15.0 Å². The molecule has 0 aromatic heterocycles. The summed E-state index contributed by atoms with van der Waals surface area (Å²) < 4.78 is 0. The Morgan fingerprint density at radius 2 is 2.22 bits per heavy atom. The molecule has 2 atom stereocenters. The molecule has 0 radical (unpaired) electrons. The third-order valence-electron chi connectivity index (χ3n) is 1.05. The molecule has 0 rings (SSSR count). The average Bonchev–Trinajstić information content (AvgIpc) is 1.84. The van der Waals surface area contributed by atoms with Crippen molar-refractivity contribution in [2.24, 2.45) is 5.73 Å². The predicted molar refractivity (Wildman–Crippen MR) is 31.7 cm³/mol. The molecule has 0 bridgehead atoms. The molecule has 0 aliphatic rings. The van der Waals surface area contributed by atoms with E-state index in [1.165, 1.54) is 6.92 Å². The van der Waals surface area contributed by atoms with Crippen molar-refractivity contribution in [3.8, 4) is 0 Å². The maximum Gasteiger partial charge on any atom is 0.177 e. The highest BCUT2D eigenvalue weighted by atomic mass is 16.3. The van der Waals surface area contributed by atoms with Gasteiger partial charge < -0.3 is 15.9 Å². The molecule has 9 heavy (non-hydrogen) atoms. The topological polar surface area (TPSA) is 83.5 Å². The SMILES string of the molecule is CC(O)C(N)C(=O)CO. The zero-order valence-electron chi connectivity index (χ0n) is 5.24. The quantitative estimate of drug-likeness (QED) is 0.426. The van der Waals surface area contributed by atoms with Crippen LogP contribution < -0.4 is 5.73 Å². The molecule has 2 unspecified atom stereocenters. The largest absolute Gasteiger partial charge is 0.391 e. The number of ketones is 1. The van der Waals surface area contributed by atoms with Crippen molar-refractivity contribution in [2.75, 3.05) is 6.61 Å². The van der Waals surface area contributed by atoms with Crippen molar-refractivity contribution in [3.05, 3.63) is 0 Å². The molecular weight excluding hydrogens is 122 g/mol. The number of aliphatic hydroxyl groups is 2. The maximum atomic E-state index is 10.4. The van der Waals surface area contributed by atoms with Crippen LogP contribution in [-0.2, 0) is 4.79 Å². The first-order valence-corrected chi connectivity index (χ1v) is 2.66. The summed E-state index contributed by atoms with van der Waals surface area (Å²) in [6.45, 7) is 0.796. The van der Waals surface area contributed by atoms with Gasteiger partial charge in [-0.05, 0) is 6.92 Å². The Labute approximate surface area is 53.3 Å². The second-order valence-electron chi connectivity index (χ2n) is 1.89. The highest BCUT2D eigenvalue weighted by Crippen LogP contribution is 1.88. The summed E-state index contributed by atoms with van der Waals surface area (Å²) in [5.41, 5.74) is 5.11. The van der Waals surface area contributed by atoms with Crippen molar-refractivity contribution in [1.82, 2.24) is 0 Å². The van der Waals surface area contributed by atoms with E-state index in [1.54, 1.807) is 0 Å². The lowest BCUT2D eigenvalue weighted by Crippen LogP contribution is -2.41. The van der Waals surface area contributed by atoms with Gasteiger partial charge in [0.05, 0.1) is 12.1 Å². The summed E-state index contributed by atoms with van der Waals surface area (Å²) in [5, 5.41) is 16.9. The fourth-order valence-corrected chi connectivity index (χ4v) is 0.374. The van der Waals surface area contributed by atoms with E-state index in [0.29, 0.717) is 0 Å². The number of rotatable bonds is 3. The van der Waals surface area contributed by atoms with Gasteiger partial charge in [0.25, 0.3) is 0 Å². The van der Waals surface area contributed by atoms with Crippen LogP contribution in [0.5, 0.6) is 0 Å². The van der Waals surface area contributed by atoms with Crippen LogP contribution in [0.1, 0.15) is 6.92 Å². The summed E-state index contributed by atoms with van der Waals surface area (Å²) in [7, 11) is 0. The highest BCUT2D eigenvalue weighted by molar-refractivity contribution is 5.85. The summed E-state index contributed by atoms with van der Waals surface area (Å²) in [4.78, 5) is 10.4. The summed E-state index contributed by atoms with van der Waals surface area (Å²) in [6.07, 6.45) is -0.885. The number of Topliss-reactive ketones (excluding diaryl/α,β-unsaturated/α-hetero) is 1. The monoisotopic (exact) mass is 133 g/mol. The molecule has 4 nitrogen and oxygen atoms in total. The summed E-state index contributed by atoms with van der Waals surface area (Å²) >= 11 is 0. The van der Waals surface area contributed by atoms with Crippen molar-refractivity contribution in [3.63, 3.8) is 0 Å². The van der Waals surface area contributed by atoms with Crippen LogP contribution in [0.4, 0.5) is 0 Å². The molecule has 0 aliphatic heterocycles. The van der Waals surface area contributed by atoms with Crippen LogP contribution in [-0.4, -0.2) is 34.7 Å². The standard InChI is InChI=1S/C5H11NO3/c1-3(8)5(6)4(9)2-7/h3,5,7-8H,2,6H2,1H3. The predicted octanol–water partition coefficient (Wildman–Crippen LogP) is -1.74. The number of hydrogen-bond donors (Lipinski definition) is 3. The lowest BCUT2D eigenvalue weighted by Gasteiger charge is -2.10. The Balaban J connectivity index is 3.72. The van der Waals surface area contributed by atoms with E-state index in [1.807, 2.05) is 0 Å². The molecule has 0 saturated heterocycles. The molecule has 0 aromatic rings. The smallest absolute Gasteiger partial charge is 0.177 e. The van der Waals surface area contributed by atoms with Crippen LogP contribution in [0.25, 0.3) is 0 Å². The van der Waals surface area contributed by atoms with Gasteiger partial charge in [0.15, 0.2) is 5.78 Å². The number of carbonyl (C=O) groups is 1. The van der Waals surface area contributed by atoms with Gasteiger partial charge >= 0.3 is 0 Å². The molecular formula is C5H11NO3. The molecule has 0 heterocycles. The van der Waals surface area contributed by atoms with Gasteiger partial charge in [-0.1, -0.05) is 0 Å². The van der Waals surface area contributed by atoms with E-state index < -0.39 is 24.5 Å². The van der Waals surface area contributed by atoms with Gasteiger partial charge in [-0.2, -0.15) is 0 Å². The Morgan fingerprint density at radius 1 is 1.78 bits per heavy atom. The minimum absolute atomic E-state index is 0.537. The molecule has 0 aliphatic carbocycles. The molecule has 54 valence electrons. The fraction of sp³-hybridized carbons (Fsp3) is 0.800. The molecule has 0 aromatic carbocycles. The number of nitrogens with two attached hydrogens (primary N) is 1. The van der Waals surface area contributed by atoms with Crippen LogP contribution in [0.15, 0.2) is 0 Å². The van der Waals surface area contributed by atoms with Gasteiger partial charge in [-0.25, -0.2) is 0 Å². The van der Waals surface area contributed by atoms with Gasteiger partial charge in [0, 0.05) is 0 Å². The number of aliphatic hydroxyl groups excluding tert-OH is 2. The Bertz CT molecular complexity index is 102. The molecule has 4 heteroatoms. The molecule has 0 amide bonds. The normalized spacial score (nSPS) is 16.9. The minimum atomic E-state index is -0.949. The van der Waals surface area contributed by atoms with E-state index in [-0.39, 0.29) is 0 Å². The van der Waals surface area contributed by atoms with Crippen molar-refractivity contribution in [1.29, 1.82) is 0 Å². The van der Waals surface area contributed by atoms with Gasteiger partial charge in [-0.15, -0.1) is 0 Å². The molecule has 4 N–H and O–H groups in total. The minimum Gasteiger partial charge on any atom is -0.391 e. The van der Waals surface area contributed by atoms with E-state index in [4.69, 9.17) is 15.9 Å². The first-order valence-electron chi connectivity index (χ1n) is 2.66. The van der Waals surface area contributed by atoms with Gasteiger partial charge in [0.1, 0.15) is 6.61 Å². The van der Waals surface area contributed by atoms with E-state index in [9.17, 15) is 4.79 Å². The van der Waals surface area contributed by atoms with E-state index >= 15 is 0 Å². The Morgan fingerprint density at radius 3 is 2.33 bits per heavy atom. The summed E-state index contributed by atoms with van der Waals surface area (Å²) in [6, 6.07) is -0.949. The van der Waals surface area contributed by atoms with Crippen LogP contribution in [0, 0.1) is 0 Å². The fourth-order valence-electron chi connectivity index (χ4n) is 0.374. The third kappa shape index (κ3) is 2.55. The Hall–Kier alpha value is -0.450. The number of carbonyl (C=O) groups excluding carboxylic acids is 1. The lowest BCUT2D eigenvalue weighted by molar-refractivity contribution is -0.125. The van der Waals surface area contributed by atoms with Crippen LogP contribution in [0.2, 0.25) is 0 Å². The Kier molecular flexibility index (Phi) is 3.37. The molecule has 0 saturated carbocycles. The lowest BCUT2D eigenvalue weighted by atomic mass is 10.1. The zero-order valence-corrected chi connectivity index (χ0v) is 5.24.